The van der Waals surface area contributed by atoms with E-state index in [0.29, 0.717) is 0 Å². The summed E-state index contributed by atoms with van der Waals surface area (Å²) in [5.41, 5.74) is 1.35. The molecule has 0 amide bonds. The van der Waals surface area contributed by atoms with Gasteiger partial charge in [0.2, 0.25) is 0 Å². The second-order valence-electron chi connectivity index (χ2n) is 4.95. The average molecular weight is 261 g/mol. The number of nitrogens with zero attached hydrogens (tertiary/aromatic N) is 1. The van der Waals surface area contributed by atoms with Crippen molar-refractivity contribution in [3.05, 3.63) is 16.1 Å². The lowest BCUT2D eigenvalue weighted by Crippen LogP contribution is -2.16. The predicted octanol–water partition coefficient (Wildman–Crippen LogP) is 3.55. The van der Waals surface area contributed by atoms with Gasteiger partial charge >= 0.3 is 0 Å². The number of unbranched alkanes of at least 4 members (excludes halogenated alkanes) is 1. The Morgan fingerprint density at radius 2 is 2.12 bits per heavy atom. The normalized spacial score (nSPS) is 12.0. The maximum atomic E-state index is 5.61. The molecule has 0 aromatic carbocycles. The molecule has 0 bridgehead atoms. The van der Waals surface area contributed by atoms with Gasteiger partial charge in [0.25, 0.3) is 0 Å². The molecule has 1 aromatic rings. The summed E-state index contributed by atoms with van der Waals surface area (Å²) in [4.78, 5) is 4.63. The van der Waals surface area contributed by atoms with E-state index >= 15 is 0 Å². The van der Waals surface area contributed by atoms with Gasteiger partial charge in [-0.25, -0.2) is 4.98 Å². The fourth-order valence-corrected chi connectivity index (χ4v) is 2.46. The van der Waals surface area contributed by atoms with Crippen LogP contribution in [0.15, 0.2) is 5.38 Å². The number of thiazole rings is 1. The molecule has 0 spiro atoms. The van der Waals surface area contributed by atoms with Crippen LogP contribution in [0, 0.1) is 0 Å². The summed E-state index contributed by atoms with van der Waals surface area (Å²) in [7, 11) is 0. The summed E-state index contributed by atoms with van der Waals surface area (Å²) in [5.74, 6) is 0.757. The number of alkyl halides is 1. The summed E-state index contributed by atoms with van der Waals surface area (Å²) < 4.78 is 0. The van der Waals surface area contributed by atoms with E-state index in [2.05, 4.69) is 36.5 Å². The van der Waals surface area contributed by atoms with Crippen LogP contribution in [0.5, 0.6) is 0 Å². The molecule has 2 nitrogen and oxygen atoms in total. The third-order valence-electron chi connectivity index (χ3n) is 2.33. The molecule has 0 aliphatic rings. The highest BCUT2D eigenvalue weighted by Crippen LogP contribution is 2.23. The predicted molar refractivity (Wildman–Crippen MR) is 72.5 cm³/mol. The molecular formula is C12H21ClN2S. The van der Waals surface area contributed by atoms with Crippen LogP contribution in [0.25, 0.3) is 0 Å². The highest BCUT2D eigenvalue weighted by atomic mass is 35.5. The van der Waals surface area contributed by atoms with Gasteiger partial charge in [-0.2, -0.15) is 0 Å². The Kier molecular flexibility index (Phi) is 5.73. The van der Waals surface area contributed by atoms with Gasteiger partial charge in [-0.3, -0.25) is 0 Å². The van der Waals surface area contributed by atoms with Crippen LogP contribution in [0.2, 0.25) is 0 Å². The van der Waals surface area contributed by atoms with Gasteiger partial charge in [0, 0.05) is 23.2 Å². The molecule has 0 unspecified atom stereocenters. The van der Waals surface area contributed by atoms with E-state index in [-0.39, 0.29) is 5.41 Å². The molecule has 92 valence electrons. The van der Waals surface area contributed by atoms with Crippen LogP contribution in [0.4, 0.5) is 0 Å². The Morgan fingerprint density at radius 1 is 1.38 bits per heavy atom. The van der Waals surface area contributed by atoms with Gasteiger partial charge in [0.15, 0.2) is 0 Å². The molecule has 0 radical (unpaired) electrons. The first-order valence-electron chi connectivity index (χ1n) is 5.75. The molecule has 4 heteroatoms. The first kappa shape index (κ1) is 13.9. The van der Waals surface area contributed by atoms with Crippen molar-refractivity contribution in [1.82, 2.24) is 10.3 Å². The van der Waals surface area contributed by atoms with Crippen molar-refractivity contribution in [2.75, 3.05) is 12.4 Å². The molecular weight excluding hydrogens is 240 g/mol. The van der Waals surface area contributed by atoms with Gasteiger partial charge in [0.05, 0.1) is 5.69 Å². The topological polar surface area (TPSA) is 24.9 Å². The molecule has 0 fully saturated rings. The average Bonchev–Trinajstić information content (AvgIpc) is 2.65. The van der Waals surface area contributed by atoms with E-state index in [1.165, 1.54) is 10.7 Å². The van der Waals surface area contributed by atoms with Crippen molar-refractivity contribution >= 4 is 22.9 Å². The van der Waals surface area contributed by atoms with Gasteiger partial charge in [0.1, 0.15) is 5.01 Å². The van der Waals surface area contributed by atoms with Crippen LogP contribution in [-0.2, 0) is 12.0 Å². The molecule has 1 N–H and O–H groups in total. The number of hydrogen-bond acceptors (Lipinski definition) is 3. The van der Waals surface area contributed by atoms with Crippen LogP contribution in [0.1, 0.15) is 44.3 Å². The molecule has 1 aromatic heterocycles. The number of nitrogens with one attached hydrogen (secondary N) is 1. The highest BCUT2D eigenvalue weighted by molar-refractivity contribution is 7.09. The van der Waals surface area contributed by atoms with Crippen molar-refractivity contribution < 1.29 is 0 Å². The molecule has 0 aliphatic carbocycles. The van der Waals surface area contributed by atoms with Crippen molar-refractivity contribution in [3.63, 3.8) is 0 Å². The van der Waals surface area contributed by atoms with Gasteiger partial charge in [-0.15, -0.1) is 22.9 Å². The first-order chi connectivity index (χ1) is 7.54. The zero-order valence-electron chi connectivity index (χ0n) is 10.3. The third kappa shape index (κ3) is 4.81. The Bertz CT molecular complexity index is 304. The van der Waals surface area contributed by atoms with Crippen LogP contribution < -0.4 is 5.32 Å². The monoisotopic (exact) mass is 260 g/mol. The lowest BCUT2D eigenvalue weighted by atomic mass is 9.93. The smallest absolute Gasteiger partial charge is 0.107 e. The fraction of sp³-hybridized carbons (Fsp3) is 0.750. The van der Waals surface area contributed by atoms with E-state index in [4.69, 9.17) is 11.6 Å². The Hall–Kier alpha value is -0.120. The van der Waals surface area contributed by atoms with E-state index in [1.54, 1.807) is 11.3 Å². The van der Waals surface area contributed by atoms with Crippen LogP contribution in [0.3, 0.4) is 0 Å². The molecule has 16 heavy (non-hydrogen) atoms. The molecule has 0 atom stereocenters. The molecule has 1 heterocycles. The van der Waals surface area contributed by atoms with Crippen molar-refractivity contribution in [1.29, 1.82) is 0 Å². The lowest BCUT2D eigenvalue weighted by Gasteiger charge is -2.14. The van der Waals surface area contributed by atoms with Crippen molar-refractivity contribution in [2.24, 2.45) is 0 Å². The van der Waals surface area contributed by atoms with Crippen molar-refractivity contribution in [2.45, 2.75) is 45.6 Å². The first-order valence-corrected chi connectivity index (χ1v) is 7.17. The van der Waals surface area contributed by atoms with E-state index in [9.17, 15) is 0 Å². The highest BCUT2D eigenvalue weighted by Gasteiger charge is 2.16. The minimum atomic E-state index is 0.160. The Morgan fingerprint density at radius 3 is 2.69 bits per heavy atom. The van der Waals surface area contributed by atoms with E-state index < -0.39 is 0 Å². The minimum absolute atomic E-state index is 0.160. The third-order valence-corrected chi connectivity index (χ3v) is 3.45. The second kappa shape index (κ2) is 6.58. The molecule has 0 saturated carbocycles. The SMILES string of the molecule is CC(C)(C)c1csc(CNCCCCCl)n1. The molecule has 0 saturated heterocycles. The summed E-state index contributed by atoms with van der Waals surface area (Å²) >= 11 is 7.35. The standard InChI is InChI=1S/C12H21ClN2S/c1-12(2,3)10-9-16-11(15-10)8-14-7-5-4-6-13/h9,14H,4-8H2,1-3H3. The second-order valence-corrected chi connectivity index (χ2v) is 6.27. The maximum absolute atomic E-state index is 5.61. The fourth-order valence-electron chi connectivity index (χ4n) is 1.28. The zero-order chi connectivity index (χ0) is 12.0. The lowest BCUT2D eigenvalue weighted by molar-refractivity contribution is 0.567. The maximum Gasteiger partial charge on any atom is 0.107 e. The Balaban J connectivity index is 2.30. The summed E-state index contributed by atoms with van der Waals surface area (Å²) in [6.45, 7) is 8.49. The molecule has 1 rings (SSSR count). The minimum Gasteiger partial charge on any atom is -0.310 e. The summed E-state index contributed by atoms with van der Waals surface area (Å²) in [6, 6.07) is 0. The van der Waals surface area contributed by atoms with E-state index in [1.807, 2.05) is 0 Å². The van der Waals surface area contributed by atoms with E-state index in [0.717, 1.165) is 31.8 Å². The van der Waals surface area contributed by atoms with Gasteiger partial charge < -0.3 is 5.32 Å². The number of halogens is 1. The quantitative estimate of drug-likeness (QED) is 0.625. The van der Waals surface area contributed by atoms with Crippen LogP contribution in [-0.4, -0.2) is 17.4 Å². The number of rotatable bonds is 6. The van der Waals surface area contributed by atoms with Gasteiger partial charge in [-0.05, 0) is 19.4 Å². The largest absolute Gasteiger partial charge is 0.310 e. The zero-order valence-corrected chi connectivity index (χ0v) is 11.9. The van der Waals surface area contributed by atoms with Crippen molar-refractivity contribution in [3.8, 4) is 0 Å². The number of hydrogen-bond donors (Lipinski definition) is 1. The summed E-state index contributed by atoms with van der Waals surface area (Å²) in [5, 5.41) is 6.73. The Labute approximate surface area is 107 Å². The summed E-state index contributed by atoms with van der Waals surface area (Å²) in [6.07, 6.45) is 2.22. The number of aromatic nitrogens is 1. The van der Waals surface area contributed by atoms with Crippen LogP contribution >= 0.6 is 22.9 Å². The molecule has 0 aliphatic heterocycles. The van der Waals surface area contributed by atoms with Gasteiger partial charge in [-0.1, -0.05) is 20.8 Å².